The summed E-state index contributed by atoms with van der Waals surface area (Å²) in [4.78, 5) is 31.9. The Morgan fingerprint density at radius 3 is 2.50 bits per heavy atom. The van der Waals surface area contributed by atoms with E-state index in [1.807, 2.05) is 71.9 Å². The van der Waals surface area contributed by atoms with E-state index in [2.05, 4.69) is 53.8 Å². The Bertz CT molecular complexity index is 1540. The summed E-state index contributed by atoms with van der Waals surface area (Å²) in [5.74, 6) is 1.11. The maximum atomic E-state index is 14.4. The molecular weight excluding hydrogens is 574 g/mol. The molecule has 0 saturated carbocycles. The Balaban J connectivity index is 1.55. The molecule has 8 nitrogen and oxygen atoms in total. The lowest BCUT2D eigenvalue weighted by molar-refractivity contribution is -0.135. The lowest BCUT2D eigenvalue weighted by Gasteiger charge is -2.48. The molecule has 3 aromatic carbocycles. The number of carbonyl (C=O) groups is 2. The van der Waals surface area contributed by atoms with Gasteiger partial charge >= 0.3 is 6.09 Å². The SMILES string of the molecule is COC(=O)N/C1=C/N2/C(=C(/OCc3ccccc3)COC1)C(=O)N(C(C)C)C[C@@H]2C1c2ccccc2CSc2ccccc21. The summed E-state index contributed by atoms with van der Waals surface area (Å²) in [6.07, 6.45) is 1.23. The molecule has 3 aliphatic rings. The zero-order valence-electron chi connectivity index (χ0n) is 25.2. The van der Waals surface area contributed by atoms with E-state index in [-0.39, 0.29) is 37.1 Å². The molecule has 3 heterocycles. The number of piperazine rings is 1. The minimum Gasteiger partial charge on any atom is -0.488 e. The van der Waals surface area contributed by atoms with Gasteiger partial charge in [-0.1, -0.05) is 72.8 Å². The van der Waals surface area contributed by atoms with Gasteiger partial charge in [0.2, 0.25) is 0 Å². The molecule has 0 bridgehead atoms. The molecule has 0 aliphatic carbocycles. The second-order valence-corrected chi connectivity index (χ2v) is 12.4. The summed E-state index contributed by atoms with van der Waals surface area (Å²) in [7, 11) is 1.32. The number of ether oxygens (including phenoxy) is 3. The fraction of sp³-hybridized carbons (Fsp3) is 0.314. The van der Waals surface area contributed by atoms with Gasteiger partial charge in [0.05, 0.1) is 25.5 Å². The predicted molar refractivity (Wildman–Crippen MR) is 169 cm³/mol. The van der Waals surface area contributed by atoms with Crippen LogP contribution in [0.1, 0.15) is 42.0 Å². The number of thioether (sulfide) groups is 1. The molecule has 2 amide bonds. The van der Waals surface area contributed by atoms with E-state index in [0.717, 1.165) is 11.3 Å². The number of hydrogen-bond donors (Lipinski definition) is 1. The second kappa shape index (κ2) is 13.2. The summed E-state index contributed by atoms with van der Waals surface area (Å²) in [6, 6.07) is 26.7. The normalized spacial score (nSPS) is 22.8. The molecule has 9 heteroatoms. The van der Waals surface area contributed by atoms with Crippen molar-refractivity contribution in [2.24, 2.45) is 0 Å². The summed E-state index contributed by atoms with van der Waals surface area (Å²) >= 11 is 1.84. The number of methoxy groups -OCH3 is 1. The van der Waals surface area contributed by atoms with Crippen molar-refractivity contribution in [2.45, 2.75) is 49.1 Å². The van der Waals surface area contributed by atoms with Crippen molar-refractivity contribution in [3.05, 3.63) is 124 Å². The highest BCUT2D eigenvalue weighted by atomic mass is 32.2. The van der Waals surface area contributed by atoms with Crippen LogP contribution in [-0.2, 0) is 31.4 Å². The minimum atomic E-state index is -0.600. The topological polar surface area (TPSA) is 80.3 Å². The Morgan fingerprint density at radius 2 is 1.73 bits per heavy atom. The summed E-state index contributed by atoms with van der Waals surface area (Å²) in [5.41, 5.74) is 5.62. The van der Waals surface area contributed by atoms with Gasteiger partial charge in [-0.3, -0.25) is 10.1 Å². The van der Waals surface area contributed by atoms with Gasteiger partial charge in [0.1, 0.15) is 18.9 Å². The van der Waals surface area contributed by atoms with E-state index < -0.39 is 6.09 Å². The highest BCUT2D eigenvalue weighted by Crippen LogP contribution is 2.46. The second-order valence-electron chi connectivity index (χ2n) is 11.3. The van der Waals surface area contributed by atoms with Crippen LogP contribution in [0.2, 0.25) is 0 Å². The molecule has 1 saturated heterocycles. The van der Waals surface area contributed by atoms with Crippen LogP contribution in [0.4, 0.5) is 4.79 Å². The van der Waals surface area contributed by atoms with Gasteiger partial charge < -0.3 is 24.0 Å². The molecule has 0 radical (unpaired) electrons. The molecule has 6 rings (SSSR count). The molecule has 1 fully saturated rings. The fourth-order valence-electron chi connectivity index (χ4n) is 6.13. The third-order valence-corrected chi connectivity index (χ3v) is 9.39. The maximum Gasteiger partial charge on any atom is 0.411 e. The first kappa shape index (κ1) is 29.8. The third kappa shape index (κ3) is 6.07. The average molecular weight is 612 g/mol. The van der Waals surface area contributed by atoms with Gasteiger partial charge in [0.15, 0.2) is 5.76 Å². The highest BCUT2D eigenvalue weighted by Gasteiger charge is 2.45. The third-order valence-electron chi connectivity index (χ3n) is 8.25. The number of alkyl carbamates (subject to hydrolysis) is 1. The molecule has 0 aromatic heterocycles. The van der Waals surface area contributed by atoms with Gasteiger partial charge in [-0.25, -0.2) is 4.79 Å². The number of nitrogens with zero attached hydrogens (tertiary/aromatic N) is 2. The largest absolute Gasteiger partial charge is 0.488 e. The number of rotatable bonds is 6. The van der Waals surface area contributed by atoms with Crippen molar-refractivity contribution in [1.82, 2.24) is 15.1 Å². The molecule has 3 aliphatic heterocycles. The summed E-state index contributed by atoms with van der Waals surface area (Å²) < 4.78 is 17.4. The standard InChI is InChI=1S/C35H37N3O5S/c1-23(2)37-18-29(32-27-14-8-7-13-25(27)22-44-31-16-10-9-15-28(31)32)38-17-26(36-35(40)41-3)20-42-21-30(33(38)34(37)39)43-19-24-11-5-4-6-12-24/h4-17,23,29,32H,18-22H2,1-3H3,(H,36,40)/b26-17+,33-30+/t29-,32?/m1/s1. The summed E-state index contributed by atoms with van der Waals surface area (Å²) in [5, 5.41) is 2.81. The highest BCUT2D eigenvalue weighted by molar-refractivity contribution is 7.98. The van der Waals surface area contributed by atoms with Crippen LogP contribution in [0.5, 0.6) is 0 Å². The van der Waals surface area contributed by atoms with Crippen LogP contribution in [0.15, 0.2) is 107 Å². The van der Waals surface area contributed by atoms with Gasteiger partial charge in [-0.2, -0.15) is 0 Å². The quantitative estimate of drug-likeness (QED) is 0.366. The first-order valence-electron chi connectivity index (χ1n) is 14.9. The van der Waals surface area contributed by atoms with Crippen LogP contribution in [0.3, 0.4) is 0 Å². The molecule has 3 aromatic rings. The fourth-order valence-corrected chi connectivity index (χ4v) is 7.24. The average Bonchev–Trinajstić information content (AvgIpc) is 3.19. The number of benzene rings is 3. The minimum absolute atomic E-state index is 0.0522. The van der Waals surface area contributed by atoms with Crippen LogP contribution < -0.4 is 5.32 Å². The van der Waals surface area contributed by atoms with Crippen LogP contribution in [-0.4, -0.2) is 60.8 Å². The van der Waals surface area contributed by atoms with Crippen molar-refractivity contribution in [1.29, 1.82) is 0 Å². The van der Waals surface area contributed by atoms with Crippen LogP contribution >= 0.6 is 11.8 Å². The predicted octanol–water partition coefficient (Wildman–Crippen LogP) is 6.00. The van der Waals surface area contributed by atoms with E-state index in [4.69, 9.17) is 14.2 Å². The zero-order chi connectivity index (χ0) is 30.6. The molecule has 1 N–H and O–H groups in total. The van der Waals surface area contributed by atoms with Crippen molar-refractivity contribution in [3.8, 4) is 0 Å². The van der Waals surface area contributed by atoms with E-state index in [0.29, 0.717) is 30.3 Å². The van der Waals surface area contributed by atoms with Gasteiger partial charge in [-0.15, -0.1) is 11.8 Å². The smallest absolute Gasteiger partial charge is 0.411 e. The Kier molecular flexibility index (Phi) is 8.95. The van der Waals surface area contributed by atoms with Crippen molar-refractivity contribution < 1.29 is 23.8 Å². The molecule has 0 spiro atoms. The molecular formula is C35H37N3O5S. The van der Waals surface area contributed by atoms with Gasteiger partial charge in [0.25, 0.3) is 5.91 Å². The Hall–Kier alpha value is -4.21. The van der Waals surface area contributed by atoms with Crippen molar-refractivity contribution in [3.63, 3.8) is 0 Å². The van der Waals surface area contributed by atoms with E-state index >= 15 is 0 Å². The molecule has 228 valence electrons. The lowest BCUT2D eigenvalue weighted by Crippen LogP contribution is -2.58. The molecule has 44 heavy (non-hydrogen) atoms. The van der Waals surface area contributed by atoms with Crippen molar-refractivity contribution in [2.75, 3.05) is 26.9 Å². The number of nitrogens with one attached hydrogen (secondary N) is 1. The van der Waals surface area contributed by atoms with Crippen molar-refractivity contribution >= 4 is 23.8 Å². The maximum absolute atomic E-state index is 14.4. The first-order chi connectivity index (χ1) is 21.4. The number of fused-ring (bicyclic) bond motifs is 3. The number of amides is 2. The number of hydrogen-bond acceptors (Lipinski definition) is 7. The Morgan fingerprint density at radius 1 is 1.00 bits per heavy atom. The Labute approximate surface area is 262 Å². The van der Waals surface area contributed by atoms with Crippen LogP contribution in [0, 0.1) is 0 Å². The molecule has 2 atom stereocenters. The summed E-state index contributed by atoms with van der Waals surface area (Å²) in [6.45, 7) is 5.03. The van der Waals surface area contributed by atoms with Gasteiger partial charge in [-0.05, 0) is 42.2 Å². The zero-order valence-corrected chi connectivity index (χ0v) is 26.0. The van der Waals surface area contributed by atoms with Gasteiger partial charge in [0, 0.05) is 35.4 Å². The lowest BCUT2D eigenvalue weighted by atomic mass is 9.80. The number of carbonyl (C=O) groups excluding carboxylic acids is 2. The molecule has 1 unspecified atom stereocenters. The first-order valence-corrected chi connectivity index (χ1v) is 15.8. The van der Waals surface area contributed by atoms with E-state index in [1.165, 1.54) is 28.7 Å². The van der Waals surface area contributed by atoms with Crippen LogP contribution in [0.25, 0.3) is 0 Å². The van der Waals surface area contributed by atoms with E-state index in [9.17, 15) is 9.59 Å². The van der Waals surface area contributed by atoms with E-state index in [1.54, 1.807) is 0 Å². The monoisotopic (exact) mass is 611 g/mol.